The van der Waals surface area contributed by atoms with E-state index in [-0.39, 0.29) is 41.3 Å². The van der Waals surface area contributed by atoms with Crippen LogP contribution in [0.25, 0.3) is 11.3 Å². The van der Waals surface area contributed by atoms with Gasteiger partial charge in [-0.05, 0) is 44.7 Å². The standard InChI is InChI=1S/C12H13N3O2.C10H9N3O2.Li.2H2O/c1-2-17-12(16)9-5-6-13-15-7-10(8-3-4-8)14-11(9)15;14-10(15)7-3-4-11-13-5-8(6-1-2-6)12-9(7)13;;;/h5-8H,2-4H2,1H3;3-6H,1-2H2,(H,14,15);;2*1H2/q;;+1;;/p-1. The van der Waals surface area contributed by atoms with Gasteiger partial charge in [-0.3, -0.25) is 0 Å². The van der Waals surface area contributed by atoms with Crippen molar-refractivity contribution in [2.75, 3.05) is 6.61 Å². The number of imidazole rings is 2. The van der Waals surface area contributed by atoms with Gasteiger partial charge >= 0.3 is 30.8 Å². The van der Waals surface area contributed by atoms with E-state index in [1.807, 2.05) is 12.4 Å². The Morgan fingerprint density at radius 3 is 1.83 bits per heavy atom. The summed E-state index contributed by atoms with van der Waals surface area (Å²) in [6.45, 7) is 2.15. The molecular weight excluding hydrogens is 451 g/mol. The number of carboxylic acid groups (broad SMARTS) is 1. The quantitative estimate of drug-likeness (QED) is 0.281. The molecule has 0 radical (unpaired) electrons. The topological polar surface area (TPSA) is 185 Å². The van der Waals surface area contributed by atoms with Crippen molar-refractivity contribution in [3.05, 3.63) is 59.4 Å². The molecule has 0 aromatic carbocycles. The molecule has 6 rings (SSSR count). The molecule has 180 valence electrons. The van der Waals surface area contributed by atoms with E-state index in [2.05, 4.69) is 20.2 Å². The van der Waals surface area contributed by atoms with Crippen LogP contribution in [0.15, 0.2) is 36.9 Å². The maximum Gasteiger partial charge on any atom is 1.00 e. The van der Waals surface area contributed by atoms with E-state index >= 15 is 0 Å². The number of carboxylic acids is 1. The van der Waals surface area contributed by atoms with Crippen molar-refractivity contribution < 1.29 is 49.2 Å². The fraction of sp³-hybridized carbons (Fsp3) is 0.364. The molecule has 12 nitrogen and oxygen atoms in total. The van der Waals surface area contributed by atoms with E-state index in [0.717, 1.165) is 24.2 Å². The van der Waals surface area contributed by atoms with Crippen molar-refractivity contribution in [2.45, 2.75) is 44.4 Å². The largest absolute Gasteiger partial charge is 1.00 e. The summed E-state index contributed by atoms with van der Waals surface area (Å²) in [6, 6.07) is 3.12. The molecule has 13 heteroatoms. The predicted octanol–water partition coefficient (Wildman–Crippen LogP) is -0.909. The molecule has 4 aromatic heterocycles. The van der Waals surface area contributed by atoms with Crippen LogP contribution in [-0.2, 0) is 4.74 Å². The smallest absolute Gasteiger partial charge is 0.870 e. The van der Waals surface area contributed by atoms with Gasteiger partial charge in [0, 0.05) is 24.2 Å². The Bertz CT molecular complexity index is 1330. The van der Waals surface area contributed by atoms with Crippen molar-refractivity contribution in [3.63, 3.8) is 0 Å². The monoisotopic (exact) mass is 476 g/mol. The number of ether oxygens (including phenoxy) is 1. The van der Waals surface area contributed by atoms with Gasteiger partial charge in [0.1, 0.15) is 11.1 Å². The fourth-order valence-corrected chi connectivity index (χ4v) is 3.52. The van der Waals surface area contributed by atoms with Crippen LogP contribution in [0, 0.1) is 0 Å². The van der Waals surface area contributed by atoms with Crippen LogP contribution in [0.5, 0.6) is 0 Å². The number of carbonyl (C=O) groups excluding carboxylic acids is 1. The number of aromatic carboxylic acids is 1. The van der Waals surface area contributed by atoms with Crippen molar-refractivity contribution in [1.29, 1.82) is 0 Å². The summed E-state index contributed by atoms with van der Waals surface area (Å²) in [5.41, 5.74) is 3.69. The summed E-state index contributed by atoms with van der Waals surface area (Å²) in [5.74, 6) is -0.247. The van der Waals surface area contributed by atoms with Gasteiger partial charge in [-0.15, -0.1) is 0 Å². The molecule has 2 fully saturated rings. The van der Waals surface area contributed by atoms with Crippen LogP contribution in [0.1, 0.15) is 76.5 Å². The number of carbonyl (C=O) groups is 2. The van der Waals surface area contributed by atoms with Crippen LogP contribution in [0.4, 0.5) is 0 Å². The van der Waals surface area contributed by atoms with Crippen LogP contribution in [-0.4, -0.2) is 63.8 Å². The minimum absolute atomic E-state index is 0. The van der Waals surface area contributed by atoms with Crippen LogP contribution >= 0.6 is 0 Å². The first-order chi connectivity index (χ1) is 15.5. The van der Waals surface area contributed by atoms with Gasteiger partial charge in [-0.2, -0.15) is 10.2 Å². The minimum atomic E-state index is -0.963. The summed E-state index contributed by atoms with van der Waals surface area (Å²) in [5, 5.41) is 17.2. The van der Waals surface area contributed by atoms with Crippen molar-refractivity contribution in [3.8, 4) is 0 Å². The number of fused-ring (bicyclic) bond motifs is 2. The van der Waals surface area contributed by atoms with Gasteiger partial charge in [0.25, 0.3) is 0 Å². The zero-order valence-electron chi connectivity index (χ0n) is 19.5. The number of hydrogen-bond acceptors (Lipinski definition) is 8. The Morgan fingerprint density at radius 2 is 1.40 bits per heavy atom. The fourth-order valence-electron chi connectivity index (χ4n) is 3.52. The van der Waals surface area contributed by atoms with E-state index in [1.165, 1.54) is 29.6 Å². The van der Waals surface area contributed by atoms with Crippen LogP contribution in [0.2, 0.25) is 0 Å². The molecule has 0 atom stereocenters. The molecule has 0 unspecified atom stereocenters. The molecule has 4 N–H and O–H groups in total. The Hall–Kier alpha value is -3.30. The number of esters is 1. The van der Waals surface area contributed by atoms with Crippen LogP contribution < -0.4 is 18.9 Å². The molecule has 4 heterocycles. The second kappa shape index (κ2) is 11.4. The van der Waals surface area contributed by atoms with Gasteiger partial charge < -0.3 is 20.8 Å². The Kier molecular flexibility index (Phi) is 9.11. The summed E-state index contributed by atoms with van der Waals surface area (Å²) >= 11 is 0. The van der Waals surface area contributed by atoms with Gasteiger partial charge in [-0.25, -0.2) is 28.6 Å². The van der Waals surface area contributed by atoms with Crippen molar-refractivity contribution in [2.24, 2.45) is 0 Å². The average Bonchev–Trinajstić information content (AvgIpc) is 3.72. The number of hydrogen-bond donors (Lipinski definition) is 1. The molecule has 0 bridgehead atoms. The van der Waals surface area contributed by atoms with E-state index < -0.39 is 5.97 Å². The molecule has 4 aromatic rings. The maximum absolute atomic E-state index is 11.8. The van der Waals surface area contributed by atoms with Crippen molar-refractivity contribution in [1.82, 2.24) is 29.2 Å². The first kappa shape index (κ1) is 27.9. The van der Waals surface area contributed by atoms with Crippen molar-refractivity contribution >= 4 is 23.2 Å². The second-order valence-corrected chi connectivity index (χ2v) is 7.93. The van der Waals surface area contributed by atoms with E-state index in [1.54, 1.807) is 23.7 Å². The summed E-state index contributed by atoms with van der Waals surface area (Å²) in [4.78, 5) is 31.5. The normalized spacial score (nSPS) is 14.1. The summed E-state index contributed by atoms with van der Waals surface area (Å²) < 4.78 is 8.19. The van der Waals surface area contributed by atoms with Gasteiger partial charge in [0.15, 0.2) is 11.3 Å². The van der Waals surface area contributed by atoms with Crippen LogP contribution in [0.3, 0.4) is 0 Å². The van der Waals surface area contributed by atoms with E-state index in [9.17, 15) is 9.59 Å². The molecule has 35 heavy (non-hydrogen) atoms. The molecular formula is C22H25LiN6O6. The number of nitrogens with zero attached hydrogens (tertiary/aromatic N) is 6. The predicted molar refractivity (Wildman–Crippen MR) is 118 cm³/mol. The Labute approximate surface area is 212 Å². The van der Waals surface area contributed by atoms with E-state index in [0.29, 0.717) is 35.3 Å². The Morgan fingerprint density at radius 1 is 0.943 bits per heavy atom. The average molecular weight is 476 g/mol. The molecule has 0 saturated heterocycles. The minimum Gasteiger partial charge on any atom is -0.870 e. The third-order valence-corrected chi connectivity index (χ3v) is 5.48. The first-order valence-electron chi connectivity index (χ1n) is 10.6. The van der Waals surface area contributed by atoms with Gasteiger partial charge in [0.2, 0.25) is 0 Å². The first-order valence-corrected chi connectivity index (χ1v) is 10.6. The molecule has 0 aliphatic heterocycles. The molecule has 2 saturated carbocycles. The third-order valence-electron chi connectivity index (χ3n) is 5.48. The second-order valence-electron chi connectivity index (χ2n) is 7.93. The molecule has 0 spiro atoms. The number of aromatic nitrogens is 6. The zero-order chi connectivity index (χ0) is 22.2. The SMILES string of the molecule is CCOC(=O)c1ccnn2cc(C3CC3)nc12.O.O=C(O)c1ccnn2cc(C3CC3)nc12.[Li+].[OH-]. The molecule has 2 aliphatic carbocycles. The molecule has 0 amide bonds. The Balaban J connectivity index is 0.000000229. The van der Waals surface area contributed by atoms with Gasteiger partial charge in [-0.1, -0.05) is 0 Å². The summed E-state index contributed by atoms with van der Waals surface area (Å²) in [7, 11) is 0. The van der Waals surface area contributed by atoms with Gasteiger partial charge in [0.05, 0.1) is 30.4 Å². The molecule has 2 aliphatic rings. The van der Waals surface area contributed by atoms with E-state index in [4.69, 9.17) is 9.84 Å². The third kappa shape index (κ3) is 5.86. The number of rotatable bonds is 5. The maximum atomic E-state index is 11.8. The summed E-state index contributed by atoms with van der Waals surface area (Å²) in [6.07, 6.45) is 11.4. The zero-order valence-corrected chi connectivity index (χ0v) is 19.5.